The molecule has 0 aliphatic heterocycles. The van der Waals surface area contributed by atoms with Crippen molar-refractivity contribution in [1.82, 2.24) is 4.98 Å². The highest BCUT2D eigenvalue weighted by molar-refractivity contribution is 7.81. The predicted molar refractivity (Wildman–Crippen MR) is 73.1 cm³/mol. The van der Waals surface area contributed by atoms with Crippen LogP contribution >= 0.6 is 12.6 Å². The number of rotatable bonds is 3. The van der Waals surface area contributed by atoms with Gasteiger partial charge in [-0.05, 0) is 18.6 Å². The lowest BCUT2D eigenvalue weighted by Crippen LogP contribution is -2.19. The fourth-order valence-electron chi connectivity index (χ4n) is 1.72. The topological polar surface area (TPSA) is 12.9 Å². The largest absolute Gasteiger partial charge is 0.253 e. The summed E-state index contributed by atoms with van der Waals surface area (Å²) in [5, 5.41) is 1.20. The third-order valence-electron chi connectivity index (χ3n) is 2.98. The van der Waals surface area contributed by atoms with Gasteiger partial charge in [0.05, 0.1) is 5.52 Å². The molecule has 0 spiro atoms. The number of benzene rings is 1. The normalized spacial score (nSPS) is 14.9. The number of hydrogen-bond acceptors (Lipinski definition) is 2. The highest BCUT2D eigenvalue weighted by Crippen LogP contribution is 2.23. The molecule has 2 rings (SSSR count). The Bertz CT molecular complexity index is 491. The maximum Gasteiger partial charge on any atom is 0.0705 e. The molecule has 1 heterocycles. The predicted octanol–water partition coefficient (Wildman–Crippen LogP) is 3.88. The summed E-state index contributed by atoms with van der Waals surface area (Å²) < 4.78 is 0.0372. The molecule has 0 radical (unpaired) electrons. The van der Waals surface area contributed by atoms with E-state index in [9.17, 15) is 0 Å². The summed E-state index contributed by atoms with van der Waals surface area (Å²) in [6.07, 6.45) is 1.96. The molecule has 0 fully saturated rings. The second kappa shape index (κ2) is 4.46. The van der Waals surface area contributed by atoms with Gasteiger partial charge in [0.25, 0.3) is 0 Å². The van der Waals surface area contributed by atoms with Gasteiger partial charge in [0.15, 0.2) is 0 Å². The van der Waals surface area contributed by atoms with Crippen LogP contribution in [-0.2, 0) is 6.42 Å². The Morgan fingerprint density at radius 3 is 2.69 bits per heavy atom. The molecule has 2 aromatic rings. The molecular formula is C14H17NS. The Morgan fingerprint density at radius 1 is 1.19 bits per heavy atom. The van der Waals surface area contributed by atoms with Crippen LogP contribution < -0.4 is 0 Å². The monoisotopic (exact) mass is 231 g/mol. The second-order valence-electron chi connectivity index (χ2n) is 4.52. The van der Waals surface area contributed by atoms with E-state index >= 15 is 0 Å². The third-order valence-corrected chi connectivity index (χ3v) is 3.45. The molecule has 1 unspecified atom stereocenters. The van der Waals surface area contributed by atoms with Crippen LogP contribution in [0.25, 0.3) is 10.9 Å². The molecule has 0 bridgehead atoms. The van der Waals surface area contributed by atoms with Crippen molar-refractivity contribution >= 4 is 23.5 Å². The average Bonchev–Trinajstić information content (AvgIpc) is 2.28. The number of para-hydroxylation sites is 1. The molecule has 0 aliphatic carbocycles. The number of nitrogens with zero attached hydrogens (tertiary/aromatic N) is 1. The maximum absolute atomic E-state index is 4.66. The first-order valence-electron chi connectivity index (χ1n) is 5.68. The minimum absolute atomic E-state index is 0.0372. The highest BCUT2D eigenvalue weighted by Gasteiger charge is 2.17. The van der Waals surface area contributed by atoms with Crippen molar-refractivity contribution in [3.63, 3.8) is 0 Å². The zero-order chi connectivity index (χ0) is 11.6. The minimum atomic E-state index is 0.0372. The zero-order valence-electron chi connectivity index (χ0n) is 9.77. The van der Waals surface area contributed by atoms with E-state index in [1.807, 2.05) is 12.1 Å². The first kappa shape index (κ1) is 11.5. The summed E-state index contributed by atoms with van der Waals surface area (Å²) in [4.78, 5) is 4.66. The van der Waals surface area contributed by atoms with Gasteiger partial charge in [-0.2, -0.15) is 12.6 Å². The summed E-state index contributed by atoms with van der Waals surface area (Å²) in [5.74, 6) is 0. The second-order valence-corrected chi connectivity index (χ2v) is 5.60. The van der Waals surface area contributed by atoms with Crippen molar-refractivity contribution in [2.45, 2.75) is 31.4 Å². The van der Waals surface area contributed by atoms with Gasteiger partial charge in [-0.15, -0.1) is 0 Å². The fraction of sp³-hybridized carbons (Fsp3) is 0.357. The molecule has 0 N–H and O–H groups in total. The Kier molecular flexibility index (Phi) is 3.20. The van der Waals surface area contributed by atoms with Crippen LogP contribution in [0.2, 0.25) is 0 Å². The van der Waals surface area contributed by atoms with Gasteiger partial charge >= 0.3 is 0 Å². The lowest BCUT2D eigenvalue weighted by Gasteiger charge is -2.20. The lowest BCUT2D eigenvalue weighted by molar-refractivity contribution is 0.614. The summed E-state index contributed by atoms with van der Waals surface area (Å²) in [5.41, 5.74) is 2.19. The molecule has 84 valence electrons. The van der Waals surface area contributed by atoms with E-state index in [-0.39, 0.29) is 4.75 Å². The van der Waals surface area contributed by atoms with Crippen LogP contribution in [-0.4, -0.2) is 9.73 Å². The summed E-state index contributed by atoms with van der Waals surface area (Å²) in [6.45, 7) is 4.32. The van der Waals surface area contributed by atoms with Crippen LogP contribution in [0.3, 0.4) is 0 Å². The zero-order valence-corrected chi connectivity index (χ0v) is 10.7. The van der Waals surface area contributed by atoms with Gasteiger partial charge in [-0.1, -0.05) is 38.1 Å². The van der Waals surface area contributed by atoms with Crippen molar-refractivity contribution in [3.05, 3.63) is 42.1 Å². The molecule has 2 heteroatoms. The van der Waals surface area contributed by atoms with Crippen LogP contribution in [0.4, 0.5) is 0 Å². The van der Waals surface area contributed by atoms with Gasteiger partial charge in [-0.3, -0.25) is 4.98 Å². The van der Waals surface area contributed by atoms with Crippen LogP contribution in [0.15, 0.2) is 36.4 Å². The number of aromatic nitrogens is 1. The van der Waals surface area contributed by atoms with Crippen LogP contribution in [0.5, 0.6) is 0 Å². The minimum Gasteiger partial charge on any atom is -0.253 e. The molecule has 0 aliphatic rings. The van der Waals surface area contributed by atoms with E-state index in [4.69, 9.17) is 0 Å². The van der Waals surface area contributed by atoms with Crippen LogP contribution in [0, 0.1) is 0 Å². The number of thiol groups is 1. The number of pyridine rings is 1. The highest BCUT2D eigenvalue weighted by atomic mass is 32.1. The third kappa shape index (κ3) is 2.56. The van der Waals surface area contributed by atoms with E-state index in [0.29, 0.717) is 0 Å². The van der Waals surface area contributed by atoms with E-state index < -0.39 is 0 Å². The van der Waals surface area contributed by atoms with Gasteiger partial charge in [0, 0.05) is 22.2 Å². The Balaban J connectivity index is 2.33. The van der Waals surface area contributed by atoms with Crippen molar-refractivity contribution in [3.8, 4) is 0 Å². The van der Waals surface area contributed by atoms with E-state index in [1.165, 1.54) is 5.39 Å². The van der Waals surface area contributed by atoms with E-state index in [0.717, 1.165) is 24.1 Å². The molecule has 1 atom stereocenters. The summed E-state index contributed by atoms with van der Waals surface area (Å²) >= 11 is 4.65. The SMILES string of the molecule is CCC(C)(S)Cc1ccc2ccccc2n1. The van der Waals surface area contributed by atoms with Crippen molar-refractivity contribution < 1.29 is 0 Å². The first-order chi connectivity index (χ1) is 7.61. The molecule has 1 aromatic carbocycles. The molecule has 0 amide bonds. The average molecular weight is 231 g/mol. The van der Waals surface area contributed by atoms with Gasteiger partial charge in [-0.25, -0.2) is 0 Å². The van der Waals surface area contributed by atoms with E-state index in [2.05, 4.69) is 55.7 Å². The molecular weight excluding hydrogens is 214 g/mol. The van der Waals surface area contributed by atoms with Gasteiger partial charge < -0.3 is 0 Å². The van der Waals surface area contributed by atoms with Gasteiger partial charge in [0.2, 0.25) is 0 Å². The number of hydrogen-bond donors (Lipinski definition) is 1. The Morgan fingerprint density at radius 2 is 1.94 bits per heavy atom. The quantitative estimate of drug-likeness (QED) is 0.791. The standard InChI is InChI=1S/C14H17NS/c1-3-14(2,16)10-12-9-8-11-6-4-5-7-13(11)15-12/h4-9,16H,3,10H2,1-2H3. The smallest absolute Gasteiger partial charge is 0.0705 e. The van der Waals surface area contributed by atoms with E-state index in [1.54, 1.807) is 0 Å². The molecule has 0 saturated heterocycles. The Labute approximate surface area is 102 Å². The fourth-order valence-corrected chi connectivity index (χ4v) is 1.88. The van der Waals surface area contributed by atoms with Crippen molar-refractivity contribution in [2.24, 2.45) is 0 Å². The van der Waals surface area contributed by atoms with Gasteiger partial charge in [0.1, 0.15) is 0 Å². The maximum atomic E-state index is 4.66. The molecule has 16 heavy (non-hydrogen) atoms. The molecule has 0 saturated carbocycles. The van der Waals surface area contributed by atoms with Crippen molar-refractivity contribution in [1.29, 1.82) is 0 Å². The van der Waals surface area contributed by atoms with Crippen molar-refractivity contribution in [2.75, 3.05) is 0 Å². The first-order valence-corrected chi connectivity index (χ1v) is 6.12. The Hall–Kier alpha value is -1.02. The number of fused-ring (bicyclic) bond motifs is 1. The molecule has 1 nitrogen and oxygen atoms in total. The summed E-state index contributed by atoms with van der Waals surface area (Å²) in [7, 11) is 0. The summed E-state index contributed by atoms with van der Waals surface area (Å²) in [6, 6.07) is 12.5. The lowest BCUT2D eigenvalue weighted by atomic mass is 10.0. The molecule has 1 aromatic heterocycles. The van der Waals surface area contributed by atoms with Crippen LogP contribution in [0.1, 0.15) is 26.0 Å².